The van der Waals surface area contributed by atoms with E-state index in [1.807, 2.05) is 0 Å². The Morgan fingerprint density at radius 3 is 2.71 bits per heavy atom. The Bertz CT molecular complexity index is 792. The van der Waals surface area contributed by atoms with Crippen LogP contribution in [0.4, 0.5) is 0 Å². The van der Waals surface area contributed by atoms with E-state index in [1.165, 1.54) is 6.20 Å². The van der Waals surface area contributed by atoms with E-state index in [0.717, 1.165) is 13.1 Å². The van der Waals surface area contributed by atoms with Gasteiger partial charge in [0.15, 0.2) is 0 Å². The fraction of sp³-hybridized carbons (Fsp3) is 0.462. The maximum absolute atomic E-state index is 12.9. The standard InChI is InChI=1S/C13H15ClN4O2S/c14-10-1-2-16-13-12(10)11(5-17-13)21(19,20)18-6-8-3-15-4-9(8)7-18/h1-2,5,8-9,15H,3-4,6-7H2,(H,16,17)/t8-,9+. The summed E-state index contributed by atoms with van der Waals surface area (Å²) >= 11 is 6.16. The third kappa shape index (κ3) is 1.99. The smallest absolute Gasteiger partial charge is 0.245 e. The number of H-pyrrole nitrogens is 1. The molecule has 8 heteroatoms. The van der Waals surface area contributed by atoms with Gasteiger partial charge in [-0.3, -0.25) is 0 Å². The number of aromatic amines is 1. The van der Waals surface area contributed by atoms with Gasteiger partial charge < -0.3 is 10.3 Å². The lowest BCUT2D eigenvalue weighted by molar-refractivity contribution is 0.448. The number of nitrogens with one attached hydrogen (secondary N) is 2. The summed E-state index contributed by atoms with van der Waals surface area (Å²) in [5.41, 5.74) is 0.502. The number of nitrogens with zero attached hydrogens (tertiary/aromatic N) is 2. The highest BCUT2D eigenvalue weighted by atomic mass is 35.5. The molecule has 112 valence electrons. The molecule has 0 aromatic carbocycles. The molecule has 21 heavy (non-hydrogen) atoms. The van der Waals surface area contributed by atoms with Crippen LogP contribution in [0.2, 0.25) is 5.02 Å². The van der Waals surface area contributed by atoms with E-state index in [-0.39, 0.29) is 4.90 Å². The van der Waals surface area contributed by atoms with Crippen molar-refractivity contribution in [1.82, 2.24) is 19.6 Å². The molecule has 0 bridgehead atoms. The highest BCUT2D eigenvalue weighted by Gasteiger charge is 2.42. The van der Waals surface area contributed by atoms with Gasteiger partial charge in [-0.05, 0) is 31.0 Å². The summed E-state index contributed by atoms with van der Waals surface area (Å²) in [6.45, 7) is 2.94. The quantitative estimate of drug-likeness (QED) is 0.865. The van der Waals surface area contributed by atoms with Crippen LogP contribution < -0.4 is 5.32 Å². The summed E-state index contributed by atoms with van der Waals surface area (Å²) in [6, 6.07) is 1.61. The minimum atomic E-state index is -3.54. The Labute approximate surface area is 127 Å². The first-order valence-electron chi connectivity index (χ1n) is 6.90. The number of hydrogen-bond donors (Lipinski definition) is 2. The number of sulfonamides is 1. The number of aromatic nitrogens is 2. The van der Waals surface area contributed by atoms with Crippen LogP contribution in [0.15, 0.2) is 23.4 Å². The van der Waals surface area contributed by atoms with Gasteiger partial charge in [-0.2, -0.15) is 4.31 Å². The summed E-state index contributed by atoms with van der Waals surface area (Å²) in [7, 11) is -3.54. The van der Waals surface area contributed by atoms with Crippen LogP contribution in [-0.2, 0) is 10.0 Å². The molecular formula is C13H15ClN4O2S. The first-order chi connectivity index (χ1) is 10.1. The Morgan fingerprint density at radius 2 is 2.00 bits per heavy atom. The van der Waals surface area contributed by atoms with E-state index in [9.17, 15) is 8.42 Å². The van der Waals surface area contributed by atoms with Gasteiger partial charge in [-0.15, -0.1) is 0 Å². The van der Waals surface area contributed by atoms with E-state index in [4.69, 9.17) is 11.6 Å². The van der Waals surface area contributed by atoms with Crippen molar-refractivity contribution in [2.24, 2.45) is 11.8 Å². The van der Waals surface area contributed by atoms with Gasteiger partial charge in [0.05, 0.1) is 10.4 Å². The molecule has 2 N–H and O–H groups in total. The molecule has 2 atom stereocenters. The van der Waals surface area contributed by atoms with Crippen molar-refractivity contribution in [2.75, 3.05) is 26.2 Å². The molecule has 2 aliphatic heterocycles. The van der Waals surface area contributed by atoms with Gasteiger partial charge in [0.2, 0.25) is 10.0 Å². The normalized spacial score (nSPS) is 26.5. The number of hydrogen-bond acceptors (Lipinski definition) is 4. The second kappa shape index (κ2) is 4.67. The zero-order chi connectivity index (χ0) is 14.6. The SMILES string of the molecule is O=S(=O)(c1c[nH]c2nccc(Cl)c12)N1C[C@H]2CNC[C@H]2C1. The molecule has 0 unspecified atom stereocenters. The molecule has 0 aliphatic carbocycles. The maximum Gasteiger partial charge on any atom is 0.245 e. The minimum absolute atomic E-state index is 0.225. The summed E-state index contributed by atoms with van der Waals surface area (Å²) in [5, 5.41) is 4.20. The van der Waals surface area contributed by atoms with Crippen molar-refractivity contribution in [1.29, 1.82) is 0 Å². The Kier molecular flexibility index (Phi) is 3.01. The van der Waals surface area contributed by atoms with Crippen molar-refractivity contribution < 1.29 is 8.42 Å². The molecule has 2 aliphatic rings. The maximum atomic E-state index is 12.9. The van der Waals surface area contributed by atoms with Crippen LogP contribution in [0.1, 0.15) is 0 Å². The lowest BCUT2D eigenvalue weighted by atomic mass is 10.0. The van der Waals surface area contributed by atoms with Gasteiger partial charge in [0, 0.05) is 25.5 Å². The van der Waals surface area contributed by atoms with Gasteiger partial charge in [-0.25, -0.2) is 13.4 Å². The number of fused-ring (bicyclic) bond motifs is 2. The average molecular weight is 327 g/mol. The Morgan fingerprint density at radius 1 is 1.29 bits per heavy atom. The third-order valence-electron chi connectivity index (χ3n) is 4.46. The molecule has 0 saturated carbocycles. The zero-order valence-corrected chi connectivity index (χ0v) is 12.8. The van der Waals surface area contributed by atoms with Crippen molar-refractivity contribution >= 4 is 32.7 Å². The van der Waals surface area contributed by atoms with E-state index >= 15 is 0 Å². The Hall–Kier alpha value is -1.15. The highest BCUT2D eigenvalue weighted by Crippen LogP contribution is 2.34. The van der Waals surface area contributed by atoms with Crippen molar-refractivity contribution in [3.63, 3.8) is 0 Å². The van der Waals surface area contributed by atoms with Crippen LogP contribution in [0.3, 0.4) is 0 Å². The molecule has 0 radical (unpaired) electrons. The molecule has 0 spiro atoms. The van der Waals surface area contributed by atoms with E-state index in [1.54, 1.807) is 16.6 Å². The van der Waals surface area contributed by atoms with Crippen LogP contribution in [0.25, 0.3) is 11.0 Å². The largest absolute Gasteiger partial charge is 0.345 e. The number of rotatable bonds is 2. The number of halogens is 1. The second-order valence-electron chi connectivity index (χ2n) is 5.67. The molecule has 4 heterocycles. The molecule has 2 aromatic rings. The summed E-state index contributed by atoms with van der Waals surface area (Å²) in [6.07, 6.45) is 3.05. The number of pyridine rings is 1. The van der Waals surface area contributed by atoms with Crippen LogP contribution in [0.5, 0.6) is 0 Å². The van der Waals surface area contributed by atoms with Gasteiger partial charge in [0.1, 0.15) is 10.5 Å². The topological polar surface area (TPSA) is 78.1 Å². The first kappa shape index (κ1) is 13.5. The average Bonchev–Trinajstić information content (AvgIpc) is 3.12. The van der Waals surface area contributed by atoms with Gasteiger partial charge in [-0.1, -0.05) is 11.6 Å². The van der Waals surface area contributed by atoms with Gasteiger partial charge in [0.25, 0.3) is 0 Å². The molecular weight excluding hydrogens is 312 g/mol. The lowest BCUT2D eigenvalue weighted by Gasteiger charge is -2.17. The predicted octanol–water partition coefficient (Wildman–Crippen LogP) is 1.06. The molecule has 6 nitrogen and oxygen atoms in total. The minimum Gasteiger partial charge on any atom is -0.345 e. The zero-order valence-electron chi connectivity index (χ0n) is 11.2. The van der Waals surface area contributed by atoms with Crippen LogP contribution in [0, 0.1) is 11.8 Å². The molecule has 2 saturated heterocycles. The lowest BCUT2D eigenvalue weighted by Crippen LogP contribution is -2.31. The first-order valence-corrected chi connectivity index (χ1v) is 8.71. The van der Waals surface area contributed by atoms with Crippen molar-refractivity contribution in [3.8, 4) is 0 Å². The highest BCUT2D eigenvalue weighted by molar-refractivity contribution is 7.89. The monoisotopic (exact) mass is 326 g/mol. The van der Waals surface area contributed by atoms with Crippen molar-refractivity contribution in [2.45, 2.75) is 4.90 Å². The van der Waals surface area contributed by atoms with E-state index in [2.05, 4.69) is 15.3 Å². The van der Waals surface area contributed by atoms with Crippen LogP contribution in [-0.4, -0.2) is 48.9 Å². The van der Waals surface area contributed by atoms with Crippen molar-refractivity contribution in [3.05, 3.63) is 23.5 Å². The predicted molar refractivity (Wildman–Crippen MR) is 79.7 cm³/mol. The summed E-state index contributed by atoms with van der Waals surface area (Å²) in [4.78, 5) is 7.25. The second-order valence-corrected chi connectivity index (χ2v) is 7.98. The van der Waals surface area contributed by atoms with E-state index < -0.39 is 10.0 Å². The molecule has 2 fully saturated rings. The summed E-state index contributed by atoms with van der Waals surface area (Å²) in [5.74, 6) is 0.831. The third-order valence-corrected chi connectivity index (χ3v) is 6.63. The van der Waals surface area contributed by atoms with E-state index in [0.29, 0.717) is 41.0 Å². The molecule has 2 aromatic heterocycles. The molecule has 4 rings (SSSR count). The molecule has 0 amide bonds. The summed E-state index contributed by atoms with van der Waals surface area (Å²) < 4.78 is 27.4. The fourth-order valence-corrected chi connectivity index (χ4v) is 5.37. The van der Waals surface area contributed by atoms with Crippen LogP contribution >= 0.6 is 11.6 Å². The van der Waals surface area contributed by atoms with Gasteiger partial charge >= 0.3 is 0 Å². The fourth-order valence-electron chi connectivity index (χ4n) is 3.34. The Balaban J connectivity index is 1.77.